The fraction of sp³-hybridized carbons (Fsp3) is 0.385. The van der Waals surface area contributed by atoms with Gasteiger partial charge in [-0.3, -0.25) is 4.79 Å². The molecule has 1 aromatic carbocycles. The second-order valence-corrected chi connectivity index (χ2v) is 6.57. The lowest BCUT2D eigenvalue weighted by Crippen LogP contribution is -2.39. The van der Waals surface area contributed by atoms with Crippen molar-refractivity contribution in [1.29, 1.82) is 0 Å². The zero-order valence-corrected chi connectivity index (χ0v) is 13.1. The summed E-state index contributed by atoms with van der Waals surface area (Å²) in [4.78, 5) is 24.7. The number of fused-ring (bicyclic) bond motifs is 1. The molecular formula is C13H13BrClNO3. The predicted octanol–water partition coefficient (Wildman–Crippen LogP) is 4.06. The van der Waals surface area contributed by atoms with Crippen molar-refractivity contribution in [2.24, 2.45) is 0 Å². The maximum atomic E-state index is 12.1. The van der Waals surface area contributed by atoms with Crippen LogP contribution in [-0.2, 0) is 9.53 Å². The molecule has 2 amide bonds. The average Bonchev–Trinajstić information content (AvgIpc) is 2.48. The van der Waals surface area contributed by atoms with E-state index in [2.05, 4.69) is 15.9 Å². The maximum Gasteiger partial charge on any atom is 0.421 e. The summed E-state index contributed by atoms with van der Waals surface area (Å²) >= 11 is 9.19. The van der Waals surface area contributed by atoms with Gasteiger partial charge in [-0.1, -0.05) is 33.6 Å². The minimum Gasteiger partial charge on any atom is -0.443 e. The molecule has 0 spiro atoms. The summed E-state index contributed by atoms with van der Waals surface area (Å²) in [5, 5.41) is 0.460. The van der Waals surface area contributed by atoms with Gasteiger partial charge < -0.3 is 4.74 Å². The normalized spacial score (nSPS) is 18.5. The van der Waals surface area contributed by atoms with Gasteiger partial charge in [-0.2, -0.15) is 0 Å². The van der Waals surface area contributed by atoms with Crippen molar-refractivity contribution < 1.29 is 14.3 Å². The van der Waals surface area contributed by atoms with E-state index < -0.39 is 16.5 Å². The molecule has 1 heterocycles. The van der Waals surface area contributed by atoms with Crippen molar-refractivity contribution in [3.63, 3.8) is 0 Å². The Balaban J connectivity index is 2.40. The summed E-state index contributed by atoms with van der Waals surface area (Å²) in [6, 6.07) is 4.99. The van der Waals surface area contributed by atoms with Gasteiger partial charge >= 0.3 is 6.09 Å². The molecule has 19 heavy (non-hydrogen) atoms. The van der Waals surface area contributed by atoms with Gasteiger partial charge in [0.15, 0.2) is 0 Å². The van der Waals surface area contributed by atoms with Gasteiger partial charge in [0.05, 0.1) is 5.69 Å². The Labute approximate surface area is 124 Å². The zero-order valence-electron chi connectivity index (χ0n) is 10.7. The molecule has 2 rings (SSSR count). The lowest BCUT2D eigenvalue weighted by molar-refractivity contribution is -0.117. The molecule has 1 unspecified atom stereocenters. The number of hydrogen-bond donors (Lipinski definition) is 0. The minimum atomic E-state index is -0.692. The second kappa shape index (κ2) is 4.80. The van der Waals surface area contributed by atoms with Crippen LogP contribution >= 0.6 is 27.5 Å². The number of hydrogen-bond acceptors (Lipinski definition) is 3. The highest BCUT2D eigenvalue weighted by molar-refractivity contribution is 9.09. The van der Waals surface area contributed by atoms with E-state index in [-0.39, 0.29) is 5.91 Å². The molecule has 0 aliphatic carbocycles. The summed E-state index contributed by atoms with van der Waals surface area (Å²) < 4.78 is 5.24. The Hall–Kier alpha value is -1.07. The molecule has 0 bridgehead atoms. The Kier molecular flexibility index (Phi) is 3.62. The van der Waals surface area contributed by atoms with Gasteiger partial charge in [-0.25, -0.2) is 9.69 Å². The first-order valence-electron chi connectivity index (χ1n) is 5.71. The van der Waals surface area contributed by atoms with E-state index in [1.807, 2.05) is 0 Å². The number of alkyl halides is 1. The highest BCUT2D eigenvalue weighted by Crippen LogP contribution is 2.42. The molecule has 0 aromatic heterocycles. The van der Waals surface area contributed by atoms with E-state index in [4.69, 9.17) is 16.3 Å². The van der Waals surface area contributed by atoms with E-state index in [1.165, 1.54) is 0 Å². The van der Waals surface area contributed by atoms with E-state index in [0.29, 0.717) is 16.3 Å². The van der Waals surface area contributed by atoms with Crippen molar-refractivity contribution in [3.05, 3.63) is 28.8 Å². The van der Waals surface area contributed by atoms with Crippen LogP contribution in [0, 0.1) is 0 Å². The zero-order chi connectivity index (χ0) is 14.4. The summed E-state index contributed by atoms with van der Waals surface area (Å²) in [5.74, 6) is -0.369. The number of rotatable bonds is 0. The number of imide groups is 1. The van der Waals surface area contributed by atoms with Crippen LogP contribution in [0.5, 0.6) is 0 Å². The first kappa shape index (κ1) is 14.3. The number of nitrogens with zero attached hydrogens (tertiary/aromatic N) is 1. The Bertz CT molecular complexity index is 553. The minimum absolute atomic E-state index is 0.369. The van der Waals surface area contributed by atoms with Crippen LogP contribution in [0.3, 0.4) is 0 Å². The molecule has 1 aliphatic rings. The van der Waals surface area contributed by atoms with Crippen LogP contribution in [0.2, 0.25) is 5.02 Å². The highest BCUT2D eigenvalue weighted by atomic mass is 79.9. The Morgan fingerprint density at radius 3 is 2.63 bits per heavy atom. The molecular weight excluding hydrogens is 334 g/mol. The van der Waals surface area contributed by atoms with Crippen molar-refractivity contribution in [2.75, 3.05) is 4.90 Å². The average molecular weight is 347 g/mol. The lowest BCUT2D eigenvalue weighted by Gasteiger charge is -2.23. The topological polar surface area (TPSA) is 46.6 Å². The van der Waals surface area contributed by atoms with Crippen molar-refractivity contribution >= 4 is 45.2 Å². The third-order valence-electron chi connectivity index (χ3n) is 2.52. The maximum absolute atomic E-state index is 12.1. The fourth-order valence-electron chi connectivity index (χ4n) is 1.79. The first-order chi connectivity index (χ1) is 8.70. The smallest absolute Gasteiger partial charge is 0.421 e. The summed E-state index contributed by atoms with van der Waals surface area (Å²) in [6.07, 6.45) is -0.692. The lowest BCUT2D eigenvalue weighted by atomic mass is 10.2. The molecule has 1 aliphatic heterocycles. The summed E-state index contributed by atoms with van der Waals surface area (Å²) in [7, 11) is 0. The molecule has 102 valence electrons. The van der Waals surface area contributed by atoms with E-state index in [9.17, 15) is 9.59 Å². The van der Waals surface area contributed by atoms with Crippen molar-refractivity contribution in [3.8, 4) is 0 Å². The molecule has 4 nitrogen and oxygen atoms in total. The Morgan fingerprint density at radius 2 is 2.05 bits per heavy atom. The van der Waals surface area contributed by atoms with Gasteiger partial charge in [-0.05, 0) is 38.5 Å². The number of amides is 2. The largest absolute Gasteiger partial charge is 0.443 e. The van der Waals surface area contributed by atoms with Crippen LogP contribution in [0.4, 0.5) is 10.5 Å². The number of ether oxygens (including phenoxy) is 1. The standard InChI is InChI=1S/C13H13BrClNO3/c1-13(2,3)19-12(18)16-9-6-7(15)4-5-8(9)10(14)11(16)17/h4-6,10H,1-3H3. The SMILES string of the molecule is CC(C)(C)OC(=O)N1C(=O)C(Br)c2ccc(Cl)cc21. The number of carbonyl (C=O) groups is 2. The number of anilines is 1. The Morgan fingerprint density at radius 1 is 1.42 bits per heavy atom. The first-order valence-corrected chi connectivity index (χ1v) is 7.00. The molecule has 1 atom stereocenters. The van der Waals surface area contributed by atoms with Crippen molar-refractivity contribution in [2.45, 2.75) is 31.2 Å². The third-order valence-corrected chi connectivity index (χ3v) is 3.64. The number of carbonyl (C=O) groups excluding carboxylic acids is 2. The van der Waals surface area contributed by atoms with Crippen LogP contribution in [0.15, 0.2) is 18.2 Å². The van der Waals surface area contributed by atoms with Crippen LogP contribution in [-0.4, -0.2) is 17.6 Å². The summed E-state index contributed by atoms with van der Waals surface area (Å²) in [5.41, 5.74) is 0.509. The van der Waals surface area contributed by atoms with E-state index in [0.717, 1.165) is 4.90 Å². The molecule has 0 radical (unpaired) electrons. The van der Waals surface area contributed by atoms with Gasteiger partial charge in [0.2, 0.25) is 0 Å². The number of halogens is 2. The molecule has 1 aromatic rings. The van der Waals surface area contributed by atoms with Gasteiger partial charge in [0.1, 0.15) is 10.4 Å². The number of benzene rings is 1. The van der Waals surface area contributed by atoms with E-state index >= 15 is 0 Å². The monoisotopic (exact) mass is 345 g/mol. The van der Waals surface area contributed by atoms with Gasteiger partial charge in [0, 0.05) is 5.02 Å². The van der Waals surface area contributed by atoms with E-state index in [1.54, 1.807) is 39.0 Å². The fourth-order valence-corrected chi connectivity index (χ4v) is 2.54. The van der Waals surface area contributed by atoms with Crippen LogP contribution in [0.1, 0.15) is 31.2 Å². The highest BCUT2D eigenvalue weighted by Gasteiger charge is 2.41. The van der Waals surface area contributed by atoms with Gasteiger partial charge in [0.25, 0.3) is 5.91 Å². The third kappa shape index (κ3) is 2.77. The van der Waals surface area contributed by atoms with Gasteiger partial charge in [-0.15, -0.1) is 0 Å². The molecule has 0 saturated carbocycles. The van der Waals surface area contributed by atoms with Crippen LogP contribution < -0.4 is 4.90 Å². The molecule has 6 heteroatoms. The van der Waals surface area contributed by atoms with Crippen LogP contribution in [0.25, 0.3) is 0 Å². The van der Waals surface area contributed by atoms with Crippen molar-refractivity contribution in [1.82, 2.24) is 0 Å². The molecule has 0 N–H and O–H groups in total. The quantitative estimate of drug-likeness (QED) is 0.666. The molecule has 0 saturated heterocycles. The second-order valence-electron chi connectivity index (χ2n) is 5.22. The summed E-state index contributed by atoms with van der Waals surface area (Å²) in [6.45, 7) is 5.24. The predicted molar refractivity (Wildman–Crippen MR) is 76.8 cm³/mol. The molecule has 0 fully saturated rings.